The van der Waals surface area contributed by atoms with Gasteiger partial charge in [0.2, 0.25) is 10.0 Å². The van der Waals surface area contributed by atoms with Gasteiger partial charge in [-0.25, -0.2) is 17.5 Å². The average molecular weight is 604 g/mol. The molecular weight excluding hydrogens is 578 g/mol. The molecule has 1 fully saturated rings. The highest BCUT2D eigenvalue weighted by atomic mass is 79.9. The first kappa shape index (κ1) is 27.6. The molecule has 1 unspecified atom stereocenters. The largest absolute Gasteiger partial charge is 0.496 e. The van der Waals surface area contributed by atoms with Gasteiger partial charge in [0.05, 0.1) is 41.0 Å². The first-order valence-electron chi connectivity index (χ1n) is 11.4. The molecule has 12 heteroatoms. The molecule has 3 aromatic rings. The first-order valence-corrected chi connectivity index (χ1v) is 13.7. The number of ether oxygens (including phenoxy) is 1. The van der Waals surface area contributed by atoms with Crippen LogP contribution >= 0.6 is 15.9 Å². The lowest BCUT2D eigenvalue weighted by molar-refractivity contribution is -0.138. The van der Waals surface area contributed by atoms with Crippen molar-refractivity contribution in [2.75, 3.05) is 7.11 Å². The predicted molar refractivity (Wildman–Crippen MR) is 134 cm³/mol. The summed E-state index contributed by atoms with van der Waals surface area (Å²) in [6, 6.07) is 5.94. The highest BCUT2D eigenvalue weighted by molar-refractivity contribution is 9.10. The number of benzene rings is 2. The lowest BCUT2D eigenvalue weighted by Gasteiger charge is -2.26. The maximum atomic E-state index is 14.3. The molecule has 0 bridgehead atoms. The van der Waals surface area contributed by atoms with Gasteiger partial charge in [0.1, 0.15) is 11.6 Å². The van der Waals surface area contributed by atoms with Crippen molar-refractivity contribution in [1.29, 1.82) is 0 Å². The third kappa shape index (κ3) is 5.70. The van der Waals surface area contributed by atoms with Gasteiger partial charge in [-0.05, 0) is 69.9 Å². The summed E-state index contributed by atoms with van der Waals surface area (Å²) < 4.78 is 90.8. The Morgan fingerprint density at radius 3 is 2.38 bits per heavy atom. The molecule has 1 atom stereocenters. The van der Waals surface area contributed by atoms with Crippen LogP contribution in [0.5, 0.6) is 5.75 Å². The van der Waals surface area contributed by atoms with Gasteiger partial charge < -0.3 is 4.74 Å². The van der Waals surface area contributed by atoms with Crippen molar-refractivity contribution < 1.29 is 30.7 Å². The Kier molecular flexibility index (Phi) is 7.23. The van der Waals surface area contributed by atoms with Crippen LogP contribution in [-0.2, 0) is 21.7 Å². The molecule has 0 spiro atoms. The molecule has 6 nitrogen and oxygen atoms in total. The highest BCUT2D eigenvalue weighted by Crippen LogP contribution is 2.46. The summed E-state index contributed by atoms with van der Waals surface area (Å²) in [4.78, 5) is -0.361. The third-order valence-corrected chi connectivity index (χ3v) is 8.25. The number of alkyl halides is 3. The van der Waals surface area contributed by atoms with Crippen molar-refractivity contribution in [1.82, 2.24) is 14.5 Å². The Morgan fingerprint density at radius 1 is 1.14 bits per heavy atom. The van der Waals surface area contributed by atoms with Crippen LogP contribution in [0.2, 0.25) is 0 Å². The zero-order valence-electron chi connectivity index (χ0n) is 20.5. The van der Waals surface area contributed by atoms with Crippen LogP contribution in [0.3, 0.4) is 0 Å². The van der Waals surface area contributed by atoms with Crippen LogP contribution in [0.4, 0.5) is 17.6 Å². The lowest BCUT2D eigenvalue weighted by Crippen LogP contribution is -2.31. The minimum Gasteiger partial charge on any atom is -0.496 e. The van der Waals surface area contributed by atoms with E-state index in [1.807, 2.05) is 20.8 Å². The first-order chi connectivity index (χ1) is 17.1. The monoisotopic (exact) mass is 603 g/mol. The zero-order valence-corrected chi connectivity index (χ0v) is 22.9. The van der Waals surface area contributed by atoms with Gasteiger partial charge in [-0.2, -0.15) is 18.3 Å². The van der Waals surface area contributed by atoms with Crippen molar-refractivity contribution in [3.63, 3.8) is 0 Å². The van der Waals surface area contributed by atoms with Gasteiger partial charge in [-0.3, -0.25) is 4.68 Å². The Balaban J connectivity index is 1.82. The van der Waals surface area contributed by atoms with Gasteiger partial charge in [-0.15, -0.1) is 0 Å². The second-order valence-electron chi connectivity index (χ2n) is 9.95. The number of methoxy groups -OCH3 is 1. The van der Waals surface area contributed by atoms with Crippen molar-refractivity contribution in [3.8, 4) is 17.0 Å². The molecule has 1 N–H and O–H groups in total. The summed E-state index contributed by atoms with van der Waals surface area (Å²) in [5, 5.41) is 4.53. The SMILES string of the molecule is COc1cc(S(=O)(=O)NC(c2cnn(C(C)(C)C)c2-c2cc(F)ccc2Br)C2CC2)ccc1C(F)(F)F. The van der Waals surface area contributed by atoms with Gasteiger partial charge in [0, 0.05) is 21.7 Å². The highest BCUT2D eigenvalue weighted by Gasteiger charge is 2.40. The van der Waals surface area contributed by atoms with Crippen molar-refractivity contribution in [2.45, 2.75) is 56.3 Å². The van der Waals surface area contributed by atoms with Crippen LogP contribution in [0.1, 0.15) is 50.8 Å². The topological polar surface area (TPSA) is 73.2 Å². The van der Waals surface area contributed by atoms with Crippen molar-refractivity contribution in [2.24, 2.45) is 5.92 Å². The molecule has 37 heavy (non-hydrogen) atoms. The van der Waals surface area contributed by atoms with Crippen molar-refractivity contribution in [3.05, 3.63) is 64.0 Å². The number of hydrogen-bond donors (Lipinski definition) is 1. The third-order valence-electron chi connectivity index (χ3n) is 6.12. The van der Waals surface area contributed by atoms with E-state index >= 15 is 0 Å². The number of halogens is 5. The molecule has 1 heterocycles. The van der Waals surface area contributed by atoms with Crippen LogP contribution in [0.25, 0.3) is 11.3 Å². The maximum Gasteiger partial charge on any atom is 0.419 e. The fourth-order valence-corrected chi connectivity index (χ4v) is 5.93. The second kappa shape index (κ2) is 9.70. The molecule has 1 aliphatic rings. The number of nitrogens with zero attached hydrogens (tertiary/aromatic N) is 2. The minimum absolute atomic E-state index is 0.0604. The average Bonchev–Trinajstić information content (AvgIpc) is 3.54. The Hall–Kier alpha value is -2.44. The summed E-state index contributed by atoms with van der Waals surface area (Å²) >= 11 is 3.47. The summed E-state index contributed by atoms with van der Waals surface area (Å²) in [6.45, 7) is 5.77. The molecule has 1 saturated carbocycles. The molecule has 1 aliphatic carbocycles. The van der Waals surface area contributed by atoms with Gasteiger partial charge in [0.15, 0.2) is 0 Å². The number of rotatable bonds is 7. The van der Waals surface area contributed by atoms with Crippen LogP contribution in [-0.4, -0.2) is 25.3 Å². The van der Waals surface area contributed by atoms with E-state index in [0.717, 1.165) is 32.1 Å². The standard InChI is InChI=1S/C25H26BrF4N3O3S/c1-24(2,3)33-23(17-11-15(27)7-10-20(17)26)18(13-31-33)22(14-5-6-14)32-37(34,35)16-8-9-19(25(28,29)30)21(12-16)36-4/h7-14,22,32H,5-6H2,1-4H3. The lowest BCUT2D eigenvalue weighted by atomic mass is 9.98. The normalized spacial score (nSPS) is 15.6. The Morgan fingerprint density at radius 2 is 1.81 bits per heavy atom. The summed E-state index contributed by atoms with van der Waals surface area (Å²) in [7, 11) is -3.22. The van der Waals surface area contributed by atoms with E-state index in [1.165, 1.54) is 12.1 Å². The van der Waals surface area contributed by atoms with Gasteiger partial charge in [-0.1, -0.05) is 15.9 Å². The molecule has 0 radical (unpaired) electrons. The second-order valence-corrected chi connectivity index (χ2v) is 12.5. The van der Waals surface area contributed by atoms with E-state index in [2.05, 4.69) is 25.8 Å². The minimum atomic E-state index is -4.70. The molecule has 4 rings (SSSR count). The Labute approximate surface area is 221 Å². The quantitative estimate of drug-likeness (QED) is 0.306. The van der Waals surface area contributed by atoms with Crippen LogP contribution in [0.15, 0.2) is 52.0 Å². The number of hydrogen-bond acceptors (Lipinski definition) is 4. The molecule has 200 valence electrons. The molecule has 0 aliphatic heterocycles. The number of sulfonamides is 1. The van der Waals surface area contributed by atoms with Gasteiger partial charge >= 0.3 is 6.18 Å². The summed E-state index contributed by atoms with van der Waals surface area (Å²) in [5.41, 5.74) is 0.00290. The van der Waals surface area contributed by atoms with E-state index in [4.69, 9.17) is 4.74 Å². The van der Waals surface area contributed by atoms with Crippen LogP contribution in [0, 0.1) is 11.7 Å². The summed E-state index contributed by atoms with van der Waals surface area (Å²) in [6.07, 6.45) is -1.65. The Bertz CT molecular complexity index is 1430. The van der Waals surface area contributed by atoms with E-state index in [-0.39, 0.29) is 10.8 Å². The smallest absolute Gasteiger partial charge is 0.419 e. The molecule has 0 amide bonds. The van der Waals surface area contributed by atoms with E-state index in [0.29, 0.717) is 27.4 Å². The van der Waals surface area contributed by atoms with Gasteiger partial charge in [0.25, 0.3) is 0 Å². The number of nitrogens with one attached hydrogen (secondary N) is 1. The predicted octanol–water partition coefficient (Wildman–Crippen LogP) is 6.66. The number of aromatic nitrogens is 2. The molecule has 0 saturated heterocycles. The van der Waals surface area contributed by atoms with Crippen LogP contribution < -0.4 is 9.46 Å². The fraction of sp³-hybridized carbons (Fsp3) is 0.400. The van der Waals surface area contributed by atoms with E-state index in [9.17, 15) is 26.0 Å². The molecule has 2 aromatic carbocycles. The van der Waals surface area contributed by atoms with Crippen molar-refractivity contribution >= 4 is 26.0 Å². The summed E-state index contributed by atoms with van der Waals surface area (Å²) in [5.74, 6) is -1.12. The molecular formula is C25H26BrF4N3O3S. The van der Waals surface area contributed by atoms with E-state index in [1.54, 1.807) is 16.9 Å². The maximum absolute atomic E-state index is 14.3. The fourth-order valence-electron chi connectivity index (χ4n) is 4.20. The molecule has 1 aromatic heterocycles. The van der Waals surface area contributed by atoms with E-state index < -0.39 is 44.9 Å². The zero-order chi connectivity index (χ0) is 27.3.